The normalized spacial score (nSPS) is 7.62. The minimum Gasteiger partial charge on any atom is -0.508 e. The molecule has 2 aromatic rings. The molecule has 6 nitrogen and oxygen atoms in total. The summed E-state index contributed by atoms with van der Waals surface area (Å²) in [6.07, 6.45) is 2.41. The molecule has 6 heteroatoms. The zero-order valence-electron chi connectivity index (χ0n) is 11.1. The quantitative estimate of drug-likeness (QED) is 0.654. The van der Waals surface area contributed by atoms with Gasteiger partial charge in [0.05, 0.1) is 0 Å². The second-order valence-electron chi connectivity index (χ2n) is 3.31. The number of phenols is 2. The van der Waals surface area contributed by atoms with Gasteiger partial charge in [0.2, 0.25) is 12.2 Å². The van der Waals surface area contributed by atoms with E-state index < -0.39 is 0 Å². The summed E-state index contributed by atoms with van der Waals surface area (Å²) in [5, 5.41) is 17.3. The molecule has 2 aromatic carbocycles. The van der Waals surface area contributed by atoms with E-state index in [1.807, 2.05) is 12.1 Å². The smallest absolute Gasteiger partial charge is 0.236 e. The third-order valence-corrected chi connectivity index (χ3v) is 1.78. The zero-order chi connectivity index (χ0) is 15.8. The van der Waals surface area contributed by atoms with Gasteiger partial charge in [-0.25, -0.2) is 9.59 Å². The third kappa shape index (κ3) is 13.0. The number of hydrogen-bond acceptors (Lipinski definition) is 6. The van der Waals surface area contributed by atoms with Crippen molar-refractivity contribution in [2.45, 2.75) is 0 Å². The molecule has 0 aliphatic heterocycles. The topological polar surface area (TPSA) is 99.3 Å². The van der Waals surface area contributed by atoms with Gasteiger partial charge >= 0.3 is 0 Å². The maximum atomic E-state index is 9.20. The first-order valence-corrected chi connectivity index (χ1v) is 5.76. The Morgan fingerprint density at radius 2 is 1.05 bits per heavy atom. The van der Waals surface area contributed by atoms with E-state index in [0.717, 1.165) is 0 Å². The summed E-state index contributed by atoms with van der Waals surface area (Å²) >= 11 is 0. The second-order valence-corrected chi connectivity index (χ2v) is 3.31. The molecule has 0 aromatic heterocycles. The first-order chi connectivity index (χ1) is 10.2. The summed E-state index contributed by atoms with van der Waals surface area (Å²) in [7, 11) is 0. The molecule has 21 heavy (non-hydrogen) atoms. The van der Waals surface area contributed by atoms with Crippen LogP contribution in [0.3, 0.4) is 0 Å². The van der Waals surface area contributed by atoms with Crippen LogP contribution in [0.25, 0.3) is 0 Å². The molecular weight excluding hydrogens is 272 g/mol. The molecule has 2 rings (SSSR count). The van der Waals surface area contributed by atoms with Gasteiger partial charge in [-0.05, 0) is 24.3 Å². The number of carbonyl (C=O) groups excluding carboxylic acids is 2. The number of benzene rings is 2. The molecule has 0 spiro atoms. The van der Waals surface area contributed by atoms with Crippen LogP contribution in [0.4, 0.5) is 0 Å². The molecule has 0 saturated carbocycles. The predicted octanol–water partition coefficient (Wildman–Crippen LogP) is 2.40. The Balaban J connectivity index is 0.000000286. The van der Waals surface area contributed by atoms with Gasteiger partial charge in [0.1, 0.15) is 11.5 Å². The summed E-state index contributed by atoms with van der Waals surface area (Å²) in [4.78, 5) is 24.2. The average molecular weight is 286 g/mol. The number of aliphatic imine (C=N–C) groups is 2. The van der Waals surface area contributed by atoms with Crippen molar-refractivity contribution >= 4 is 12.2 Å². The third-order valence-electron chi connectivity index (χ3n) is 1.78. The Hall–Kier alpha value is -3.20. The lowest BCUT2D eigenvalue weighted by atomic mass is 10.3. The Morgan fingerprint density at radius 1 is 0.714 bits per heavy atom. The molecule has 0 saturated heterocycles. The van der Waals surface area contributed by atoms with Crippen LogP contribution in [0, 0.1) is 0 Å². The van der Waals surface area contributed by atoms with E-state index in [9.17, 15) is 9.59 Å². The lowest BCUT2D eigenvalue weighted by Gasteiger charge is -1.82. The molecule has 0 bridgehead atoms. The highest BCUT2D eigenvalue weighted by Gasteiger charge is 1.75. The van der Waals surface area contributed by atoms with Crippen molar-refractivity contribution in [3.63, 3.8) is 0 Å². The summed E-state index contributed by atoms with van der Waals surface area (Å²) in [6, 6.07) is 17.4. The maximum absolute atomic E-state index is 9.20. The molecule has 0 aliphatic rings. The van der Waals surface area contributed by atoms with Gasteiger partial charge in [-0.1, -0.05) is 36.4 Å². The summed E-state index contributed by atoms with van der Waals surface area (Å²) in [6.45, 7) is -0.160. The van der Waals surface area contributed by atoms with Crippen LogP contribution in [0.5, 0.6) is 11.5 Å². The highest BCUT2D eigenvalue weighted by molar-refractivity contribution is 5.35. The molecular formula is C15H14N2O4. The van der Waals surface area contributed by atoms with E-state index in [1.165, 1.54) is 12.2 Å². The van der Waals surface area contributed by atoms with E-state index in [0.29, 0.717) is 11.5 Å². The van der Waals surface area contributed by atoms with Crippen molar-refractivity contribution in [3.05, 3.63) is 60.7 Å². The molecule has 0 atom stereocenters. The molecule has 0 amide bonds. The van der Waals surface area contributed by atoms with Crippen LogP contribution >= 0.6 is 0 Å². The van der Waals surface area contributed by atoms with Gasteiger partial charge in [-0.15, -0.1) is 0 Å². The number of para-hydroxylation sites is 2. The largest absolute Gasteiger partial charge is 0.508 e. The highest BCUT2D eigenvalue weighted by Crippen LogP contribution is 2.03. The predicted molar refractivity (Wildman–Crippen MR) is 77.3 cm³/mol. The van der Waals surface area contributed by atoms with Gasteiger partial charge in [0, 0.05) is 0 Å². The van der Waals surface area contributed by atoms with Crippen molar-refractivity contribution in [3.8, 4) is 11.5 Å². The molecule has 2 N–H and O–H groups in total. The van der Waals surface area contributed by atoms with E-state index >= 15 is 0 Å². The van der Waals surface area contributed by atoms with Gasteiger partial charge in [0.25, 0.3) is 0 Å². The van der Waals surface area contributed by atoms with Crippen molar-refractivity contribution in [2.24, 2.45) is 9.98 Å². The van der Waals surface area contributed by atoms with Crippen molar-refractivity contribution in [1.29, 1.82) is 0 Å². The standard InChI is InChI=1S/2C6H6O.C3H2N2O2/c2*7-6-4-2-1-3-5-6;6-2-4-1-5-3-7/h2*1-5,7H;1H2. The van der Waals surface area contributed by atoms with Gasteiger partial charge < -0.3 is 10.2 Å². The number of nitrogens with zero attached hydrogens (tertiary/aromatic N) is 2. The monoisotopic (exact) mass is 286 g/mol. The summed E-state index contributed by atoms with van der Waals surface area (Å²) in [5.41, 5.74) is 0. The minimum atomic E-state index is -0.160. The van der Waals surface area contributed by atoms with Gasteiger partial charge in [-0.2, -0.15) is 9.98 Å². The number of hydrogen-bond donors (Lipinski definition) is 2. The zero-order valence-corrected chi connectivity index (χ0v) is 11.1. The number of aromatic hydroxyl groups is 2. The lowest BCUT2D eigenvalue weighted by Crippen LogP contribution is -1.66. The first kappa shape index (κ1) is 17.8. The number of phenolic OH excluding ortho intramolecular Hbond substituents is 2. The maximum Gasteiger partial charge on any atom is 0.236 e. The Labute approximate surface area is 121 Å². The lowest BCUT2D eigenvalue weighted by molar-refractivity contribution is 0.475. The van der Waals surface area contributed by atoms with E-state index in [4.69, 9.17) is 10.2 Å². The molecule has 0 radical (unpaired) electrons. The summed E-state index contributed by atoms with van der Waals surface area (Å²) in [5.74, 6) is 0.644. The fourth-order valence-electron chi connectivity index (χ4n) is 0.949. The molecule has 108 valence electrons. The van der Waals surface area contributed by atoms with Crippen molar-refractivity contribution in [1.82, 2.24) is 0 Å². The van der Waals surface area contributed by atoms with E-state index in [2.05, 4.69) is 9.98 Å². The second kappa shape index (κ2) is 13.2. The van der Waals surface area contributed by atoms with E-state index in [-0.39, 0.29) is 6.67 Å². The van der Waals surface area contributed by atoms with Crippen LogP contribution in [0.1, 0.15) is 0 Å². The van der Waals surface area contributed by atoms with Crippen LogP contribution in [0.15, 0.2) is 70.6 Å². The fourth-order valence-corrected chi connectivity index (χ4v) is 0.949. The minimum absolute atomic E-state index is 0.160. The Morgan fingerprint density at radius 3 is 1.24 bits per heavy atom. The summed E-state index contributed by atoms with van der Waals surface area (Å²) < 4.78 is 0. The molecule has 0 aliphatic carbocycles. The van der Waals surface area contributed by atoms with Crippen LogP contribution in [-0.2, 0) is 9.59 Å². The average Bonchev–Trinajstić information content (AvgIpc) is 2.51. The highest BCUT2D eigenvalue weighted by atomic mass is 16.3. The van der Waals surface area contributed by atoms with Crippen molar-refractivity contribution < 1.29 is 19.8 Å². The van der Waals surface area contributed by atoms with E-state index in [1.54, 1.807) is 48.5 Å². The Kier molecular flexibility index (Phi) is 11.2. The number of rotatable bonds is 2. The molecule has 0 heterocycles. The van der Waals surface area contributed by atoms with Gasteiger partial charge in [-0.3, -0.25) is 0 Å². The van der Waals surface area contributed by atoms with Crippen LogP contribution < -0.4 is 0 Å². The molecule has 0 unspecified atom stereocenters. The van der Waals surface area contributed by atoms with Gasteiger partial charge in [0.15, 0.2) is 6.67 Å². The SMILES string of the molecule is O=C=NCN=C=O.Oc1ccccc1.Oc1ccccc1. The Bertz CT molecular complexity index is 522. The first-order valence-electron chi connectivity index (χ1n) is 5.76. The van der Waals surface area contributed by atoms with Crippen LogP contribution in [0.2, 0.25) is 0 Å². The fraction of sp³-hybridized carbons (Fsp3) is 0.0667. The van der Waals surface area contributed by atoms with Crippen molar-refractivity contribution in [2.75, 3.05) is 6.67 Å². The number of isocyanates is 2. The van der Waals surface area contributed by atoms with Crippen LogP contribution in [-0.4, -0.2) is 29.0 Å². The molecule has 0 fully saturated rings.